The van der Waals surface area contributed by atoms with E-state index in [0.717, 1.165) is 11.4 Å². The Morgan fingerprint density at radius 2 is 2.17 bits per heavy atom. The third-order valence-electron chi connectivity index (χ3n) is 2.78. The van der Waals surface area contributed by atoms with Crippen LogP contribution in [0.5, 0.6) is 0 Å². The van der Waals surface area contributed by atoms with Crippen LogP contribution in [-0.4, -0.2) is 35.5 Å². The summed E-state index contributed by atoms with van der Waals surface area (Å²) in [4.78, 5) is 16.3. The lowest BCUT2D eigenvalue weighted by atomic mass is 10.1. The Morgan fingerprint density at radius 1 is 1.50 bits per heavy atom. The molecular formula is C13H21N3OS. The Bertz CT molecular complexity index is 432. The predicted octanol–water partition coefficient (Wildman–Crippen LogP) is 2.30. The smallest absolute Gasteiger partial charge is 0.255 e. The van der Waals surface area contributed by atoms with Gasteiger partial charge in [-0.2, -0.15) is 11.8 Å². The molecule has 4 nitrogen and oxygen atoms in total. The van der Waals surface area contributed by atoms with Crippen molar-refractivity contribution in [2.75, 3.05) is 25.2 Å². The molecule has 1 amide bonds. The standard InChI is InChI=1S/C13H21N3OS/c1-9-6-11(14-4)10(7-15-9)12(17)16-8-13(2,3)18-5/h6-7H,8H2,1-5H3,(H,14,15)(H,16,17). The first-order chi connectivity index (χ1) is 8.39. The summed E-state index contributed by atoms with van der Waals surface area (Å²) >= 11 is 1.73. The van der Waals surface area contributed by atoms with E-state index in [-0.39, 0.29) is 10.7 Å². The Hall–Kier alpha value is -1.23. The monoisotopic (exact) mass is 267 g/mol. The van der Waals surface area contributed by atoms with Crippen LogP contribution in [0.4, 0.5) is 5.69 Å². The highest BCUT2D eigenvalue weighted by Crippen LogP contribution is 2.20. The lowest BCUT2D eigenvalue weighted by molar-refractivity contribution is 0.0951. The van der Waals surface area contributed by atoms with Crippen LogP contribution in [0.15, 0.2) is 12.3 Å². The van der Waals surface area contributed by atoms with Gasteiger partial charge in [-0.05, 0) is 33.1 Å². The van der Waals surface area contributed by atoms with Gasteiger partial charge in [-0.25, -0.2) is 0 Å². The van der Waals surface area contributed by atoms with Crippen molar-refractivity contribution in [3.05, 3.63) is 23.5 Å². The molecule has 0 spiro atoms. The minimum Gasteiger partial charge on any atom is -0.387 e. The Kier molecular flexibility index (Phi) is 5.02. The average Bonchev–Trinajstić information content (AvgIpc) is 2.36. The van der Waals surface area contributed by atoms with E-state index in [2.05, 4.69) is 29.5 Å². The highest BCUT2D eigenvalue weighted by molar-refractivity contribution is 7.99. The molecule has 0 radical (unpaired) electrons. The molecule has 0 aliphatic rings. The predicted molar refractivity (Wildman–Crippen MR) is 78.4 cm³/mol. The molecular weight excluding hydrogens is 246 g/mol. The molecule has 2 N–H and O–H groups in total. The summed E-state index contributed by atoms with van der Waals surface area (Å²) in [5.74, 6) is -0.0889. The maximum absolute atomic E-state index is 12.1. The van der Waals surface area contributed by atoms with Crippen molar-refractivity contribution in [2.24, 2.45) is 0 Å². The Morgan fingerprint density at radius 3 is 2.72 bits per heavy atom. The molecule has 1 rings (SSSR count). The minimum atomic E-state index is -0.0889. The zero-order valence-corrected chi connectivity index (χ0v) is 12.4. The van der Waals surface area contributed by atoms with Crippen LogP contribution >= 0.6 is 11.8 Å². The second-order valence-electron chi connectivity index (χ2n) is 4.77. The SMILES string of the molecule is CNc1cc(C)ncc1C(=O)NCC(C)(C)SC. The van der Waals surface area contributed by atoms with Crippen molar-refractivity contribution >= 4 is 23.4 Å². The van der Waals surface area contributed by atoms with E-state index in [0.29, 0.717) is 12.1 Å². The second kappa shape index (κ2) is 6.09. The number of rotatable bonds is 5. The van der Waals surface area contributed by atoms with E-state index >= 15 is 0 Å². The number of thioether (sulfide) groups is 1. The largest absolute Gasteiger partial charge is 0.387 e. The van der Waals surface area contributed by atoms with Crippen molar-refractivity contribution in [3.63, 3.8) is 0 Å². The number of amides is 1. The Balaban J connectivity index is 2.79. The van der Waals surface area contributed by atoms with Crippen LogP contribution in [0, 0.1) is 6.92 Å². The van der Waals surface area contributed by atoms with Crippen molar-refractivity contribution in [3.8, 4) is 0 Å². The maximum Gasteiger partial charge on any atom is 0.255 e. The highest BCUT2D eigenvalue weighted by Gasteiger charge is 2.18. The van der Waals surface area contributed by atoms with Crippen LogP contribution in [0.1, 0.15) is 29.9 Å². The van der Waals surface area contributed by atoms with Gasteiger partial charge in [0, 0.05) is 30.2 Å². The van der Waals surface area contributed by atoms with Crippen LogP contribution in [0.3, 0.4) is 0 Å². The highest BCUT2D eigenvalue weighted by atomic mass is 32.2. The quantitative estimate of drug-likeness (QED) is 0.859. The van der Waals surface area contributed by atoms with E-state index in [9.17, 15) is 4.79 Å². The number of hydrogen-bond acceptors (Lipinski definition) is 4. The molecule has 1 aromatic rings. The fourth-order valence-corrected chi connectivity index (χ4v) is 1.62. The molecule has 100 valence electrons. The van der Waals surface area contributed by atoms with Gasteiger partial charge in [0.25, 0.3) is 5.91 Å². The molecule has 0 fully saturated rings. The van der Waals surface area contributed by atoms with E-state index in [1.807, 2.05) is 19.2 Å². The molecule has 0 saturated carbocycles. The zero-order chi connectivity index (χ0) is 13.8. The summed E-state index contributed by atoms with van der Waals surface area (Å²) < 4.78 is 0.0353. The molecule has 1 aromatic heterocycles. The van der Waals surface area contributed by atoms with Crippen molar-refractivity contribution in [2.45, 2.75) is 25.5 Å². The second-order valence-corrected chi connectivity index (χ2v) is 6.28. The lowest BCUT2D eigenvalue weighted by Crippen LogP contribution is -2.36. The topological polar surface area (TPSA) is 54.0 Å². The van der Waals surface area contributed by atoms with E-state index in [4.69, 9.17) is 0 Å². The van der Waals surface area contributed by atoms with Crippen LogP contribution in [0.2, 0.25) is 0 Å². The van der Waals surface area contributed by atoms with Crippen molar-refractivity contribution in [1.29, 1.82) is 0 Å². The number of aromatic nitrogens is 1. The number of aryl methyl sites for hydroxylation is 1. The van der Waals surface area contributed by atoms with Crippen molar-refractivity contribution in [1.82, 2.24) is 10.3 Å². The number of carbonyl (C=O) groups is 1. The van der Waals surface area contributed by atoms with Gasteiger partial charge in [0.15, 0.2) is 0 Å². The number of carbonyl (C=O) groups excluding carboxylic acids is 1. The molecule has 0 saturated heterocycles. The number of anilines is 1. The maximum atomic E-state index is 12.1. The third kappa shape index (κ3) is 3.91. The van der Waals surface area contributed by atoms with Gasteiger partial charge >= 0.3 is 0 Å². The summed E-state index contributed by atoms with van der Waals surface area (Å²) in [5, 5.41) is 5.97. The van der Waals surface area contributed by atoms with Gasteiger partial charge in [-0.3, -0.25) is 9.78 Å². The summed E-state index contributed by atoms with van der Waals surface area (Å²) in [5.41, 5.74) is 2.28. The number of pyridine rings is 1. The van der Waals surface area contributed by atoms with Crippen LogP contribution in [0.25, 0.3) is 0 Å². The summed E-state index contributed by atoms with van der Waals surface area (Å²) in [7, 11) is 1.80. The van der Waals surface area contributed by atoms with Gasteiger partial charge in [-0.15, -0.1) is 0 Å². The van der Waals surface area contributed by atoms with Gasteiger partial charge in [-0.1, -0.05) is 0 Å². The number of nitrogens with zero attached hydrogens (tertiary/aromatic N) is 1. The first kappa shape index (κ1) is 14.8. The third-order valence-corrected chi connectivity index (χ3v) is 4.03. The van der Waals surface area contributed by atoms with Gasteiger partial charge < -0.3 is 10.6 Å². The summed E-state index contributed by atoms with van der Waals surface area (Å²) in [6.45, 7) is 6.73. The molecule has 1 heterocycles. The molecule has 0 bridgehead atoms. The summed E-state index contributed by atoms with van der Waals surface area (Å²) in [6, 6.07) is 1.87. The molecule has 0 aliphatic carbocycles. The Labute approximate surface area is 113 Å². The fourth-order valence-electron chi connectivity index (χ4n) is 1.41. The van der Waals surface area contributed by atoms with E-state index in [1.54, 1.807) is 25.0 Å². The number of hydrogen-bond donors (Lipinski definition) is 2. The van der Waals surface area contributed by atoms with Crippen molar-refractivity contribution < 1.29 is 4.79 Å². The van der Waals surface area contributed by atoms with Gasteiger partial charge in [0.05, 0.1) is 11.3 Å². The first-order valence-corrected chi connectivity index (χ1v) is 7.10. The molecule has 0 unspecified atom stereocenters. The molecule has 0 aromatic carbocycles. The molecule has 0 atom stereocenters. The lowest BCUT2D eigenvalue weighted by Gasteiger charge is -2.22. The van der Waals surface area contributed by atoms with E-state index in [1.165, 1.54) is 0 Å². The summed E-state index contributed by atoms with van der Waals surface area (Å²) in [6.07, 6.45) is 3.65. The van der Waals surface area contributed by atoms with Crippen LogP contribution in [-0.2, 0) is 0 Å². The normalized spacial score (nSPS) is 11.2. The first-order valence-electron chi connectivity index (χ1n) is 5.87. The average molecular weight is 267 g/mol. The number of nitrogens with one attached hydrogen (secondary N) is 2. The molecule has 18 heavy (non-hydrogen) atoms. The van der Waals surface area contributed by atoms with Gasteiger partial charge in [0.1, 0.15) is 0 Å². The van der Waals surface area contributed by atoms with Gasteiger partial charge in [0.2, 0.25) is 0 Å². The molecule has 0 aliphatic heterocycles. The van der Waals surface area contributed by atoms with E-state index < -0.39 is 0 Å². The minimum absolute atomic E-state index is 0.0353. The fraction of sp³-hybridized carbons (Fsp3) is 0.538. The zero-order valence-electron chi connectivity index (χ0n) is 11.6. The molecule has 5 heteroatoms. The van der Waals surface area contributed by atoms with Crippen LogP contribution < -0.4 is 10.6 Å².